The van der Waals surface area contributed by atoms with Gasteiger partial charge in [-0.15, -0.1) is 0 Å². The molecule has 1 fully saturated rings. The number of ether oxygens (including phenoxy) is 1. The molecule has 0 saturated carbocycles. The van der Waals surface area contributed by atoms with Crippen LogP contribution in [0, 0.1) is 5.92 Å². The quantitative estimate of drug-likeness (QED) is 0.844. The van der Waals surface area contributed by atoms with Gasteiger partial charge in [0.2, 0.25) is 5.91 Å². The van der Waals surface area contributed by atoms with E-state index in [0.29, 0.717) is 5.69 Å². The molecule has 1 atom stereocenters. The van der Waals surface area contributed by atoms with E-state index in [2.05, 4.69) is 20.7 Å². The highest BCUT2D eigenvalue weighted by Gasteiger charge is 2.36. The molecule has 6 heteroatoms. The number of esters is 1. The minimum Gasteiger partial charge on any atom is -0.506 e. The van der Waals surface area contributed by atoms with Crippen molar-refractivity contribution in [1.29, 1.82) is 0 Å². The fourth-order valence-electron chi connectivity index (χ4n) is 1.98. The molecular formula is C12H12BrNO4. The van der Waals surface area contributed by atoms with Crippen LogP contribution in [0.5, 0.6) is 5.75 Å². The van der Waals surface area contributed by atoms with Gasteiger partial charge in [0.05, 0.1) is 18.7 Å². The van der Waals surface area contributed by atoms with Crippen LogP contribution >= 0.6 is 15.9 Å². The highest BCUT2D eigenvalue weighted by Crippen LogP contribution is 2.34. The minimum absolute atomic E-state index is 0.0112. The Hall–Kier alpha value is -1.56. The summed E-state index contributed by atoms with van der Waals surface area (Å²) < 4.78 is 5.39. The van der Waals surface area contributed by atoms with E-state index in [1.54, 1.807) is 12.1 Å². The Morgan fingerprint density at radius 3 is 2.94 bits per heavy atom. The van der Waals surface area contributed by atoms with Crippen molar-refractivity contribution in [2.24, 2.45) is 5.92 Å². The van der Waals surface area contributed by atoms with E-state index < -0.39 is 11.9 Å². The van der Waals surface area contributed by atoms with Gasteiger partial charge in [-0.3, -0.25) is 9.59 Å². The first-order valence-electron chi connectivity index (χ1n) is 5.39. The number of nitrogens with zero attached hydrogens (tertiary/aromatic N) is 1. The van der Waals surface area contributed by atoms with Crippen LogP contribution in [0.1, 0.15) is 6.42 Å². The molecular weight excluding hydrogens is 302 g/mol. The summed E-state index contributed by atoms with van der Waals surface area (Å²) in [5.41, 5.74) is 0.403. The molecule has 1 aromatic carbocycles. The topological polar surface area (TPSA) is 66.8 Å². The monoisotopic (exact) mass is 313 g/mol. The summed E-state index contributed by atoms with van der Waals surface area (Å²) in [6, 6.07) is 4.82. The fraction of sp³-hybridized carbons (Fsp3) is 0.333. The molecule has 1 N–H and O–H groups in total. The number of phenolic OH excluding ortho intramolecular Hbond substituents is 1. The van der Waals surface area contributed by atoms with Crippen LogP contribution in [-0.2, 0) is 14.3 Å². The second-order valence-corrected chi connectivity index (χ2v) is 4.98. The number of hydrogen-bond donors (Lipinski definition) is 1. The average molecular weight is 314 g/mol. The standard InChI is InChI=1S/C12H12BrNO4/c1-18-12(17)7-4-11(16)14(6-7)9-5-8(13)2-3-10(9)15/h2-3,5,7,15H,4,6H2,1H3. The van der Waals surface area contributed by atoms with E-state index >= 15 is 0 Å². The molecule has 0 radical (unpaired) electrons. The number of hydrogen-bond acceptors (Lipinski definition) is 4. The molecule has 1 aliphatic heterocycles. The SMILES string of the molecule is COC(=O)C1CC(=O)N(c2cc(Br)ccc2O)C1. The van der Waals surface area contributed by atoms with Crippen LogP contribution in [0.4, 0.5) is 5.69 Å². The maximum atomic E-state index is 11.9. The first-order valence-corrected chi connectivity index (χ1v) is 6.19. The number of anilines is 1. The molecule has 0 aliphatic carbocycles. The van der Waals surface area contributed by atoms with Crippen molar-refractivity contribution in [2.75, 3.05) is 18.6 Å². The van der Waals surface area contributed by atoms with Gasteiger partial charge in [0.1, 0.15) is 5.75 Å². The van der Waals surface area contributed by atoms with Crippen LogP contribution in [0.15, 0.2) is 22.7 Å². The van der Waals surface area contributed by atoms with Gasteiger partial charge in [-0.25, -0.2) is 0 Å². The highest BCUT2D eigenvalue weighted by atomic mass is 79.9. The van der Waals surface area contributed by atoms with Gasteiger partial charge in [0.15, 0.2) is 0 Å². The lowest BCUT2D eigenvalue weighted by Gasteiger charge is -2.17. The van der Waals surface area contributed by atoms with Crippen molar-refractivity contribution in [1.82, 2.24) is 0 Å². The van der Waals surface area contributed by atoms with E-state index in [1.807, 2.05) is 0 Å². The van der Waals surface area contributed by atoms with Crippen LogP contribution in [0.2, 0.25) is 0 Å². The van der Waals surface area contributed by atoms with Gasteiger partial charge < -0.3 is 14.7 Å². The summed E-state index contributed by atoms with van der Waals surface area (Å²) in [4.78, 5) is 24.7. The Kier molecular flexibility index (Phi) is 3.56. The zero-order chi connectivity index (χ0) is 13.3. The molecule has 1 unspecified atom stereocenters. The molecule has 96 valence electrons. The third kappa shape index (κ3) is 2.33. The lowest BCUT2D eigenvalue weighted by molar-refractivity contribution is -0.145. The molecule has 5 nitrogen and oxygen atoms in total. The van der Waals surface area contributed by atoms with Crippen molar-refractivity contribution < 1.29 is 19.4 Å². The Morgan fingerprint density at radius 2 is 2.28 bits per heavy atom. The van der Waals surface area contributed by atoms with E-state index in [-0.39, 0.29) is 24.6 Å². The first-order chi connectivity index (χ1) is 8.52. The smallest absolute Gasteiger partial charge is 0.311 e. The van der Waals surface area contributed by atoms with Crippen LogP contribution in [-0.4, -0.2) is 30.6 Å². The van der Waals surface area contributed by atoms with Crippen molar-refractivity contribution in [3.63, 3.8) is 0 Å². The number of phenols is 1. The van der Waals surface area contributed by atoms with Crippen LogP contribution < -0.4 is 4.90 Å². The summed E-state index contributed by atoms with van der Waals surface area (Å²) in [5.74, 6) is -1.06. The summed E-state index contributed by atoms with van der Waals surface area (Å²) in [6.45, 7) is 0.232. The predicted molar refractivity (Wildman–Crippen MR) is 68.3 cm³/mol. The number of halogens is 1. The Labute approximate surface area is 112 Å². The first kappa shape index (κ1) is 12.9. The average Bonchev–Trinajstić information content (AvgIpc) is 2.73. The number of benzene rings is 1. The fourth-order valence-corrected chi connectivity index (χ4v) is 2.33. The Bertz CT molecular complexity index is 503. The lowest BCUT2D eigenvalue weighted by atomic mass is 10.1. The predicted octanol–water partition coefficient (Wildman–Crippen LogP) is 1.68. The third-order valence-electron chi connectivity index (χ3n) is 2.89. The van der Waals surface area contributed by atoms with Gasteiger partial charge in [-0.1, -0.05) is 15.9 Å². The van der Waals surface area contributed by atoms with Gasteiger partial charge in [0, 0.05) is 17.4 Å². The van der Waals surface area contributed by atoms with Crippen molar-refractivity contribution in [3.05, 3.63) is 22.7 Å². The van der Waals surface area contributed by atoms with E-state index in [0.717, 1.165) is 4.47 Å². The van der Waals surface area contributed by atoms with Gasteiger partial charge in [-0.05, 0) is 18.2 Å². The van der Waals surface area contributed by atoms with Gasteiger partial charge in [0.25, 0.3) is 0 Å². The van der Waals surface area contributed by atoms with Gasteiger partial charge >= 0.3 is 5.97 Å². The van der Waals surface area contributed by atoms with Crippen molar-refractivity contribution in [2.45, 2.75) is 6.42 Å². The maximum absolute atomic E-state index is 11.9. The van der Waals surface area contributed by atoms with Crippen LogP contribution in [0.3, 0.4) is 0 Å². The molecule has 2 rings (SSSR count). The molecule has 1 aliphatic rings. The number of methoxy groups -OCH3 is 1. The van der Waals surface area contributed by atoms with Crippen molar-refractivity contribution in [3.8, 4) is 5.75 Å². The molecule has 0 spiro atoms. The summed E-state index contributed by atoms with van der Waals surface area (Å²) in [6.07, 6.45) is 0.110. The van der Waals surface area contributed by atoms with E-state index in [1.165, 1.54) is 18.1 Å². The zero-order valence-electron chi connectivity index (χ0n) is 9.72. The molecule has 18 heavy (non-hydrogen) atoms. The summed E-state index contributed by atoms with van der Waals surface area (Å²) >= 11 is 3.28. The zero-order valence-corrected chi connectivity index (χ0v) is 11.3. The Balaban J connectivity index is 2.27. The van der Waals surface area contributed by atoms with Crippen molar-refractivity contribution >= 4 is 33.5 Å². The minimum atomic E-state index is -0.471. The summed E-state index contributed by atoms with van der Waals surface area (Å²) in [5, 5.41) is 9.76. The lowest BCUT2D eigenvalue weighted by Crippen LogP contribution is -2.26. The molecule has 1 heterocycles. The molecule has 1 amide bonds. The number of carbonyl (C=O) groups is 2. The number of rotatable bonds is 2. The highest BCUT2D eigenvalue weighted by molar-refractivity contribution is 9.10. The summed E-state index contributed by atoms with van der Waals surface area (Å²) in [7, 11) is 1.30. The maximum Gasteiger partial charge on any atom is 0.311 e. The second-order valence-electron chi connectivity index (χ2n) is 4.06. The number of carbonyl (C=O) groups excluding carboxylic acids is 2. The molecule has 1 aromatic rings. The van der Waals surface area contributed by atoms with E-state index in [4.69, 9.17) is 0 Å². The molecule has 0 aromatic heterocycles. The normalized spacial score (nSPS) is 19.1. The Morgan fingerprint density at radius 1 is 1.56 bits per heavy atom. The van der Waals surface area contributed by atoms with E-state index in [9.17, 15) is 14.7 Å². The largest absolute Gasteiger partial charge is 0.506 e. The van der Waals surface area contributed by atoms with Gasteiger partial charge in [-0.2, -0.15) is 0 Å². The van der Waals surface area contributed by atoms with Crippen LogP contribution in [0.25, 0.3) is 0 Å². The molecule has 0 bridgehead atoms. The number of aromatic hydroxyl groups is 1. The molecule has 1 saturated heterocycles. The second kappa shape index (κ2) is 4.97. The number of amides is 1. The third-order valence-corrected chi connectivity index (χ3v) is 3.38.